The zero-order valence-electron chi connectivity index (χ0n) is 21.9. The highest BCUT2D eigenvalue weighted by Gasteiger charge is 2.27. The van der Waals surface area contributed by atoms with Crippen molar-refractivity contribution in [3.8, 4) is 11.5 Å². The summed E-state index contributed by atoms with van der Waals surface area (Å²) in [6.45, 7) is 11.8. The predicted octanol–water partition coefficient (Wildman–Crippen LogP) is 5.88. The molecule has 1 amide bonds. The molecule has 2 aromatic rings. The molecule has 196 valence electrons. The van der Waals surface area contributed by atoms with Gasteiger partial charge in [-0.3, -0.25) is 4.79 Å². The number of carbonyl (C=O) groups is 3. The molecule has 0 aliphatic heterocycles. The van der Waals surface area contributed by atoms with Gasteiger partial charge in [-0.15, -0.1) is 11.3 Å². The van der Waals surface area contributed by atoms with Crippen LogP contribution in [0.3, 0.4) is 0 Å². The number of ether oxygens (including phenoxy) is 4. The molecule has 0 atom stereocenters. The first-order chi connectivity index (χ1) is 17.1. The summed E-state index contributed by atoms with van der Waals surface area (Å²) in [6.07, 6.45) is 3.56. The number of benzene rings is 1. The molecule has 9 heteroatoms. The summed E-state index contributed by atoms with van der Waals surface area (Å²) in [5, 5.41) is 2.92. The third-order valence-electron chi connectivity index (χ3n) is 4.96. The Morgan fingerprint density at radius 2 is 1.81 bits per heavy atom. The van der Waals surface area contributed by atoms with E-state index in [0.717, 1.165) is 23.3 Å². The largest absolute Gasteiger partial charge is 0.493 e. The van der Waals surface area contributed by atoms with Crippen molar-refractivity contribution in [1.29, 1.82) is 0 Å². The number of hydrogen-bond acceptors (Lipinski definition) is 8. The average molecular weight is 518 g/mol. The molecule has 1 N–H and O–H groups in total. The minimum Gasteiger partial charge on any atom is -0.493 e. The molecule has 0 aliphatic rings. The summed E-state index contributed by atoms with van der Waals surface area (Å²) < 4.78 is 21.6. The molecule has 0 radical (unpaired) electrons. The lowest BCUT2D eigenvalue weighted by Gasteiger charge is -2.12. The van der Waals surface area contributed by atoms with E-state index in [2.05, 4.69) is 19.2 Å². The molecule has 8 nitrogen and oxygen atoms in total. The second kappa shape index (κ2) is 13.7. The Kier molecular flexibility index (Phi) is 11.0. The van der Waals surface area contributed by atoms with Crippen LogP contribution in [-0.4, -0.2) is 44.3 Å². The van der Waals surface area contributed by atoms with E-state index in [-0.39, 0.29) is 28.2 Å². The minimum atomic E-state index is -0.619. The Morgan fingerprint density at radius 3 is 2.42 bits per heavy atom. The maximum Gasteiger partial charge on any atom is 0.348 e. The quantitative estimate of drug-likeness (QED) is 0.277. The van der Waals surface area contributed by atoms with E-state index in [1.807, 2.05) is 6.07 Å². The molecule has 0 unspecified atom stereocenters. The van der Waals surface area contributed by atoms with Gasteiger partial charge in [0.2, 0.25) is 5.91 Å². The summed E-state index contributed by atoms with van der Waals surface area (Å²) in [5.74, 6) is 0.0811. The van der Waals surface area contributed by atoms with Gasteiger partial charge in [0, 0.05) is 6.08 Å². The van der Waals surface area contributed by atoms with Gasteiger partial charge in [-0.05, 0) is 69.4 Å². The Balaban J connectivity index is 2.22. The highest BCUT2D eigenvalue weighted by Crippen LogP contribution is 2.35. The van der Waals surface area contributed by atoms with E-state index in [9.17, 15) is 14.4 Å². The molecule has 0 fully saturated rings. The molecule has 0 spiro atoms. The minimum absolute atomic E-state index is 0.142. The van der Waals surface area contributed by atoms with Crippen LogP contribution in [0, 0.1) is 12.8 Å². The van der Waals surface area contributed by atoms with Crippen molar-refractivity contribution in [1.82, 2.24) is 0 Å². The highest BCUT2D eigenvalue weighted by atomic mass is 32.1. The van der Waals surface area contributed by atoms with Crippen LogP contribution in [0.1, 0.15) is 72.2 Å². The van der Waals surface area contributed by atoms with Crippen molar-refractivity contribution >= 4 is 40.3 Å². The lowest BCUT2D eigenvalue weighted by molar-refractivity contribution is -0.111. The van der Waals surface area contributed by atoms with Gasteiger partial charge >= 0.3 is 11.9 Å². The van der Waals surface area contributed by atoms with Gasteiger partial charge in [-0.1, -0.05) is 19.9 Å². The van der Waals surface area contributed by atoms with E-state index in [1.165, 1.54) is 6.08 Å². The van der Waals surface area contributed by atoms with E-state index in [1.54, 1.807) is 53.0 Å². The number of anilines is 1. The normalized spacial score (nSPS) is 11.1. The van der Waals surface area contributed by atoms with E-state index >= 15 is 0 Å². The van der Waals surface area contributed by atoms with Gasteiger partial charge in [0.25, 0.3) is 0 Å². The molecular formula is C27H35NO7S. The zero-order valence-corrected chi connectivity index (χ0v) is 22.7. The summed E-state index contributed by atoms with van der Waals surface area (Å²) in [7, 11) is 1.56. The van der Waals surface area contributed by atoms with Gasteiger partial charge in [0.15, 0.2) is 11.5 Å². The molecule has 0 bridgehead atoms. The van der Waals surface area contributed by atoms with Crippen LogP contribution in [0.25, 0.3) is 6.08 Å². The second-order valence-electron chi connectivity index (χ2n) is 8.70. The van der Waals surface area contributed by atoms with E-state index < -0.39 is 17.8 Å². The van der Waals surface area contributed by atoms with Crippen LogP contribution >= 0.6 is 11.3 Å². The van der Waals surface area contributed by atoms with Crippen LogP contribution in [0.15, 0.2) is 24.3 Å². The third kappa shape index (κ3) is 8.12. The van der Waals surface area contributed by atoms with Gasteiger partial charge in [-0.2, -0.15) is 0 Å². The number of carbonyl (C=O) groups excluding carboxylic acids is 3. The van der Waals surface area contributed by atoms with Crippen LogP contribution in [0.4, 0.5) is 5.00 Å². The summed E-state index contributed by atoms with van der Waals surface area (Å²) >= 11 is 0.980. The Hall–Kier alpha value is -3.33. The van der Waals surface area contributed by atoms with Gasteiger partial charge in [0.1, 0.15) is 9.88 Å². The van der Waals surface area contributed by atoms with Crippen molar-refractivity contribution in [2.75, 3.05) is 25.6 Å². The predicted molar refractivity (Wildman–Crippen MR) is 141 cm³/mol. The monoisotopic (exact) mass is 517 g/mol. The van der Waals surface area contributed by atoms with Crippen LogP contribution in [-0.2, 0) is 14.3 Å². The van der Waals surface area contributed by atoms with Crippen molar-refractivity contribution in [3.63, 3.8) is 0 Å². The first kappa shape index (κ1) is 28.9. The number of thiophene rings is 1. The van der Waals surface area contributed by atoms with Gasteiger partial charge in [-0.25, -0.2) is 9.59 Å². The number of hydrogen-bond donors (Lipinski definition) is 1. The molecular weight excluding hydrogens is 482 g/mol. The Morgan fingerprint density at radius 1 is 1.08 bits per heavy atom. The van der Waals surface area contributed by atoms with Crippen molar-refractivity contribution in [2.45, 2.75) is 54.1 Å². The van der Waals surface area contributed by atoms with Gasteiger partial charge < -0.3 is 24.3 Å². The number of nitrogens with one attached hydrogen (secondary N) is 1. The number of methoxy groups -OCH3 is 1. The number of rotatable bonds is 12. The molecule has 1 aromatic heterocycles. The SMILES string of the molecule is CCOC(=O)c1c(NC(=O)/C=C/c2ccc(OCCC(C)C)c(OC)c2)sc(C(=O)OC(C)C)c1C. The molecule has 2 rings (SSSR count). The molecule has 0 aliphatic carbocycles. The fraction of sp³-hybridized carbons (Fsp3) is 0.444. The standard InChI is InChI=1S/C27H35NO7S/c1-8-33-26(30)23-18(6)24(27(31)35-17(4)5)36-25(23)28-22(29)12-10-19-9-11-20(21(15-19)32-7)34-14-13-16(2)3/h9-12,15-17H,8,13-14H2,1-7H3,(H,28,29)/b12-10+. The highest BCUT2D eigenvalue weighted by molar-refractivity contribution is 7.18. The zero-order chi connectivity index (χ0) is 26.8. The Bertz CT molecular complexity index is 1100. The first-order valence-corrected chi connectivity index (χ1v) is 12.7. The lowest BCUT2D eigenvalue weighted by Crippen LogP contribution is -2.13. The lowest BCUT2D eigenvalue weighted by atomic mass is 10.1. The number of amides is 1. The van der Waals surface area contributed by atoms with E-state index in [0.29, 0.717) is 29.6 Å². The fourth-order valence-electron chi connectivity index (χ4n) is 3.15. The van der Waals surface area contributed by atoms with E-state index in [4.69, 9.17) is 18.9 Å². The molecule has 0 saturated heterocycles. The van der Waals surface area contributed by atoms with Crippen molar-refractivity contribution in [3.05, 3.63) is 45.8 Å². The maximum absolute atomic E-state index is 12.7. The summed E-state index contributed by atoms with van der Waals surface area (Å²) in [4.78, 5) is 38.0. The van der Waals surface area contributed by atoms with Crippen LogP contribution < -0.4 is 14.8 Å². The maximum atomic E-state index is 12.7. The first-order valence-electron chi connectivity index (χ1n) is 11.9. The van der Waals surface area contributed by atoms with Gasteiger partial charge in [0.05, 0.1) is 32.0 Å². The number of esters is 2. The molecule has 1 heterocycles. The molecule has 1 aromatic carbocycles. The fourth-order valence-corrected chi connectivity index (χ4v) is 4.23. The Labute approximate surface area is 216 Å². The summed E-state index contributed by atoms with van der Waals surface area (Å²) in [6, 6.07) is 5.38. The third-order valence-corrected chi connectivity index (χ3v) is 6.15. The topological polar surface area (TPSA) is 100 Å². The summed E-state index contributed by atoms with van der Waals surface area (Å²) in [5.41, 5.74) is 1.28. The van der Waals surface area contributed by atoms with Crippen molar-refractivity contribution in [2.24, 2.45) is 5.92 Å². The average Bonchev–Trinajstić information content (AvgIpc) is 3.13. The van der Waals surface area contributed by atoms with Crippen LogP contribution in [0.5, 0.6) is 11.5 Å². The second-order valence-corrected chi connectivity index (χ2v) is 9.72. The molecule has 36 heavy (non-hydrogen) atoms. The molecule has 0 saturated carbocycles. The van der Waals surface area contributed by atoms with Crippen LogP contribution in [0.2, 0.25) is 0 Å². The van der Waals surface area contributed by atoms with Crippen molar-refractivity contribution < 1.29 is 33.3 Å². The smallest absolute Gasteiger partial charge is 0.348 e.